The monoisotopic (exact) mass is 697 g/mol. The Morgan fingerprint density at radius 2 is 1.08 bits per heavy atom. The molecule has 0 aliphatic rings. The van der Waals surface area contributed by atoms with E-state index >= 15 is 0 Å². The van der Waals surface area contributed by atoms with Gasteiger partial charge in [-0.15, -0.1) is 11.3 Å². The molecule has 0 saturated heterocycles. The molecule has 0 amide bonds. The lowest BCUT2D eigenvalue weighted by Crippen LogP contribution is -2.06. The summed E-state index contributed by atoms with van der Waals surface area (Å²) in [6.45, 7) is 0. The lowest BCUT2D eigenvalue weighted by Gasteiger charge is -2.12. The van der Waals surface area contributed by atoms with Crippen molar-refractivity contribution in [3.8, 4) is 51.3 Å². The zero-order valence-corrected chi connectivity index (χ0v) is 29.0. The predicted molar refractivity (Wildman–Crippen MR) is 216 cm³/mol. The third-order valence-corrected chi connectivity index (χ3v) is 11.1. The molecule has 0 radical (unpaired) electrons. The molecule has 248 valence electrons. The van der Waals surface area contributed by atoms with E-state index in [0.29, 0.717) is 29.1 Å². The molecule has 6 nitrogen and oxygen atoms in total. The summed E-state index contributed by atoms with van der Waals surface area (Å²) in [5, 5.41) is 4.68. The number of hydrogen-bond donors (Lipinski definition) is 0. The molecule has 7 heteroatoms. The van der Waals surface area contributed by atoms with Crippen molar-refractivity contribution in [3.05, 3.63) is 164 Å². The topological polar surface area (TPSA) is 69.6 Å². The van der Waals surface area contributed by atoms with Gasteiger partial charge in [-0.05, 0) is 59.7 Å². The molecule has 0 aliphatic heterocycles. The van der Waals surface area contributed by atoms with Crippen LogP contribution in [0.3, 0.4) is 0 Å². The van der Waals surface area contributed by atoms with E-state index < -0.39 is 0 Å². The van der Waals surface area contributed by atoms with Gasteiger partial charge in [0.2, 0.25) is 11.8 Å². The highest BCUT2D eigenvalue weighted by Crippen LogP contribution is 2.42. The fourth-order valence-electron chi connectivity index (χ4n) is 7.55. The Labute approximate surface area is 307 Å². The number of rotatable bonds is 5. The Balaban J connectivity index is 1.22. The van der Waals surface area contributed by atoms with E-state index in [-0.39, 0.29) is 0 Å². The number of thiophene rings is 1. The maximum absolute atomic E-state index is 6.51. The Hall–Kier alpha value is -6.96. The molecule has 11 rings (SSSR count). The van der Waals surface area contributed by atoms with Crippen LogP contribution in [0.25, 0.3) is 104 Å². The van der Waals surface area contributed by atoms with Crippen molar-refractivity contribution in [1.82, 2.24) is 24.5 Å². The van der Waals surface area contributed by atoms with Crippen LogP contribution in [0.15, 0.2) is 168 Å². The van der Waals surface area contributed by atoms with E-state index in [1.807, 2.05) is 48.5 Å². The minimum absolute atomic E-state index is 0.509. The normalized spacial score (nSPS) is 11.8. The summed E-state index contributed by atoms with van der Waals surface area (Å²) in [4.78, 5) is 20.7. The molecule has 4 aromatic heterocycles. The average molecular weight is 698 g/mol. The molecule has 0 atom stereocenters. The smallest absolute Gasteiger partial charge is 0.238 e. The summed E-state index contributed by atoms with van der Waals surface area (Å²) in [7, 11) is 0. The van der Waals surface area contributed by atoms with Gasteiger partial charge in [-0.25, -0.2) is 9.97 Å². The molecule has 0 N–H and O–H groups in total. The largest absolute Gasteiger partial charge is 0.435 e. The van der Waals surface area contributed by atoms with Crippen molar-refractivity contribution in [2.75, 3.05) is 0 Å². The first-order valence-corrected chi connectivity index (χ1v) is 18.3. The molecular weight excluding hydrogens is 671 g/mol. The number of benzene rings is 7. The number of fused-ring (bicyclic) bond motifs is 7. The lowest BCUT2D eigenvalue weighted by molar-refractivity contribution is 0.620. The summed E-state index contributed by atoms with van der Waals surface area (Å²) < 4.78 is 11.0. The molecule has 0 bridgehead atoms. The molecular formula is C46H27N5OS. The third-order valence-electron chi connectivity index (χ3n) is 9.93. The second kappa shape index (κ2) is 11.8. The third kappa shape index (κ3) is 4.71. The Kier molecular flexibility index (Phi) is 6.62. The van der Waals surface area contributed by atoms with Gasteiger partial charge >= 0.3 is 0 Å². The zero-order chi connectivity index (χ0) is 34.9. The van der Waals surface area contributed by atoms with Crippen molar-refractivity contribution in [3.63, 3.8) is 0 Å². The highest BCUT2D eigenvalue weighted by Gasteiger charge is 2.23. The van der Waals surface area contributed by atoms with Gasteiger partial charge in [0.25, 0.3) is 0 Å². The number of aromatic nitrogens is 5. The standard InChI is InChI=1S/C46H27N5OS/c1-3-14-28(15-4-1)30-20-13-26-38-40(30)33-19-7-9-25-37(33)51(38)46-49-43(34-22-12-24-36-41(34)52-45(47-36)29-16-5-2-6-17-29)48-44(50-46)35-23-11-21-32-31-18-8-10-27-39(31)53-42(32)35/h1-27H. The summed E-state index contributed by atoms with van der Waals surface area (Å²) >= 11 is 1.76. The zero-order valence-electron chi connectivity index (χ0n) is 28.1. The minimum Gasteiger partial charge on any atom is -0.435 e. The molecule has 0 spiro atoms. The van der Waals surface area contributed by atoms with Crippen molar-refractivity contribution in [2.45, 2.75) is 0 Å². The molecule has 0 saturated carbocycles. The highest BCUT2D eigenvalue weighted by atomic mass is 32.1. The van der Waals surface area contributed by atoms with Gasteiger partial charge in [0.15, 0.2) is 17.2 Å². The maximum atomic E-state index is 6.51. The average Bonchev–Trinajstić information content (AvgIpc) is 3.93. The Bertz CT molecular complexity index is 3180. The second-order valence-corrected chi connectivity index (χ2v) is 14.1. The maximum Gasteiger partial charge on any atom is 0.238 e. The van der Waals surface area contributed by atoms with Crippen LogP contribution in [0.5, 0.6) is 0 Å². The predicted octanol–water partition coefficient (Wildman–Crippen LogP) is 12.1. The highest BCUT2D eigenvalue weighted by molar-refractivity contribution is 7.26. The first-order valence-electron chi connectivity index (χ1n) is 17.5. The summed E-state index contributed by atoms with van der Waals surface area (Å²) in [5.41, 5.74) is 8.30. The van der Waals surface area contributed by atoms with Gasteiger partial charge < -0.3 is 4.42 Å². The van der Waals surface area contributed by atoms with Gasteiger partial charge in [-0.1, -0.05) is 115 Å². The van der Waals surface area contributed by atoms with Crippen molar-refractivity contribution in [2.24, 2.45) is 0 Å². The van der Waals surface area contributed by atoms with Crippen LogP contribution in [0.2, 0.25) is 0 Å². The van der Waals surface area contributed by atoms with E-state index in [2.05, 4.69) is 120 Å². The first kappa shape index (κ1) is 29.7. The Morgan fingerprint density at radius 3 is 1.92 bits per heavy atom. The fraction of sp³-hybridized carbons (Fsp3) is 0. The van der Waals surface area contributed by atoms with Crippen LogP contribution in [0.1, 0.15) is 0 Å². The molecule has 0 fully saturated rings. The quantitative estimate of drug-likeness (QED) is 0.179. The van der Waals surface area contributed by atoms with E-state index in [0.717, 1.165) is 59.8 Å². The van der Waals surface area contributed by atoms with Crippen LogP contribution < -0.4 is 0 Å². The molecule has 0 aliphatic carbocycles. The van der Waals surface area contributed by atoms with Crippen molar-refractivity contribution >= 4 is 64.4 Å². The second-order valence-electron chi connectivity index (χ2n) is 13.0. The van der Waals surface area contributed by atoms with Gasteiger partial charge in [0, 0.05) is 42.1 Å². The van der Waals surface area contributed by atoms with Crippen LogP contribution in [0, 0.1) is 0 Å². The van der Waals surface area contributed by atoms with Crippen LogP contribution in [-0.2, 0) is 0 Å². The number of nitrogens with zero attached hydrogens (tertiary/aromatic N) is 5. The van der Waals surface area contributed by atoms with Gasteiger partial charge in [0.05, 0.1) is 16.6 Å². The molecule has 11 aromatic rings. The fourth-order valence-corrected chi connectivity index (χ4v) is 8.76. The summed E-state index contributed by atoms with van der Waals surface area (Å²) in [5.74, 6) is 2.18. The summed E-state index contributed by atoms with van der Waals surface area (Å²) in [6.07, 6.45) is 0. The molecule has 4 heterocycles. The Morgan fingerprint density at radius 1 is 0.453 bits per heavy atom. The minimum atomic E-state index is 0.509. The number of hydrogen-bond acceptors (Lipinski definition) is 6. The van der Waals surface area contributed by atoms with Gasteiger partial charge in [-0.3, -0.25) is 4.57 Å². The van der Waals surface area contributed by atoms with Crippen LogP contribution in [-0.4, -0.2) is 24.5 Å². The van der Waals surface area contributed by atoms with E-state index in [9.17, 15) is 0 Å². The molecule has 7 aromatic carbocycles. The van der Waals surface area contributed by atoms with E-state index in [1.54, 1.807) is 11.3 Å². The van der Waals surface area contributed by atoms with Crippen LogP contribution in [0.4, 0.5) is 0 Å². The van der Waals surface area contributed by atoms with E-state index in [1.165, 1.54) is 15.5 Å². The van der Waals surface area contributed by atoms with Crippen molar-refractivity contribution in [1.29, 1.82) is 0 Å². The summed E-state index contributed by atoms with van der Waals surface area (Å²) in [6, 6.07) is 56.3. The van der Waals surface area contributed by atoms with Gasteiger partial charge in [-0.2, -0.15) is 9.97 Å². The molecule has 0 unspecified atom stereocenters. The number of oxazole rings is 1. The lowest BCUT2D eigenvalue weighted by atomic mass is 9.99. The van der Waals surface area contributed by atoms with Crippen molar-refractivity contribution < 1.29 is 4.42 Å². The van der Waals surface area contributed by atoms with Crippen LogP contribution >= 0.6 is 11.3 Å². The number of para-hydroxylation sites is 2. The first-order chi connectivity index (χ1) is 26.3. The van der Waals surface area contributed by atoms with E-state index in [4.69, 9.17) is 24.4 Å². The van der Waals surface area contributed by atoms with Gasteiger partial charge in [0.1, 0.15) is 5.52 Å². The SMILES string of the molecule is c1ccc(-c2nc3cccc(-c4nc(-c5cccc6c5sc5ccccc56)nc(-n5c6ccccc6c6c(-c7ccccc7)cccc65)n4)c3o2)cc1. The molecule has 53 heavy (non-hydrogen) atoms.